The minimum Gasteiger partial charge on any atom is -0.497 e. The minimum atomic E-state index is -1.03. The predicted octanol–water partition coefficient (Wildman–Crippen LogP) is 3.58. The number of Topliss-reactive ketones (excluding diaryl/α,β-unsaturated/α-hetero) is 4. The van der Waals surface area contributed by atoms with Crippen LogP contribution >= 0.6 is 0 Å². The fourth-order valence-corrected chi connectivity index (χ4v) is 3.70. The van der Waals surface area contributed by atoms with Crippen LogP contribution in [-0.2, 0) is 0 Å². The molecule has 0 unspecified atom stereocenters. The van der Waals surface area contributed by atoms with Crippen LogP contribution in [-0.4, -0.2) is 58.4 Å². The number of benzene rings is 3. The fourth-order valence-electron chi connectivity index (χ4n) is 3.70. The van der Waals surface area contributed by atoms with Gasteiger partial charge in [-0.05, 0) is 36.4 Å². The van der Waals surface area contributed by atoms with Gasteiger partial charge < -0.3 is 28.4 Å². The number of ether oxygens (including phenoxy) is 6. The SMILES string of the molecule is COc1cc(OC)cc(C(=O)C(=O)c2cc3c(cc2C(=O)C(=O)c2cc(OC)cc(OC)c2)OCO3)c1. The lowest BCUT2D eigenvalue weighted by molar-refractivity contribution is 0.0800. The van der Waals surface area contributed by atoms with Crippen LogP contribution in [0.15, 0.2) is 48.5 Å². The first-order chi connectivity index (χ1) is 17.8. The lowest BCUT2D eigenvalue weighted by Crippen LogP contribution is -2.22. The van der Waals surface area contributed by atoms with Crippen molar-refractivity contribution in [2.24, 2.45) is 0 Å². The smallest absolute Gasteiger partial charge is 0.234 e. The first-order valence-electron chi connectivity index (χ1n) is 10.9. The molecule has 1 aliphatic heterocycles. The Morgan fingerprint density at radius 3 is 1.14 bits per heavy atom. The maximum atomic E-state index is 13.4. The normalized spacial score (nSPS) is 11.5. The monoisotopic (exact) mass is 506 g/mol. The standard InChI is InChI=1S/C27H22O10/c1-32-16-5-14(6-17(9-16)33-2)24(28)26(30)20-11-22-23(37-13-36-22)12-21(20)27(31)25(29)15-7-18(34-3)10-19(8-15)35-4/h5-12H,13H2,1-4H3. The Bertz CT molecular complexity index is 1270. The van der Waals surface area contributed by atoms with E-state index in [0.717, 1.165) is 0 Å². The zero-order valence-corrected chi connectivity index (χ0v) is 20.4. The molecule has 190 valence electrons. The molecule has 0 radical (unpaired) electrons. The third-order valence-electron chi connectivity index (χ3n) is 5.64. The second-order valence-electron chi connectivity index (χ2n) is 7.77. The number of hydrogen-bond acceptors (Lipinski definition) is 10. The highest BCUT2D eigenvalue weighted by Crippen LogP contribution is 2.36. The number of rotatable bonds is 10. The Hall–Kier alpha value is -4.86. The third kappa shape index (κ3) is 4.94. The van der Waals surface area contributed by atoms with Crippen LogP contribution in [0.1, 0.15) is 41.4 Å². The van der Waals surface area contributed by atoms with Crippen LogP contribution in [0, 0.1) is 0 Å². The van der Waals surface area contributed by atoms with E-state index >= 15 is 0 Å². The van der Waals surface area contributed by atoms with Crippen LogP contribution in [0.5, 0.6) is 34.5 Å². The Balaban J connectivity index is 1.78. The molecular weight excluding hydrogens is 484 g/mol. The second-order valence-corrected chi connectivity index (χ2v) is 7.77. The van der Waals surface area contributed by atoms with Gasteiger partial charge in [-0.25, -0.2) is 0 Å². The van der Waals surface area contributed by atoms with Gasteiger partial charge in [-0.3, -0.25) is 19.2 Å². The molecule has 0 saturated heterocycles. The molecule has 0 aliphatic carbocycles. The van der Waals surface area contributed by atoms with Crippen LogP contribution in [0.3, 0.4) is 0 Å². The Kier molecular flexibility index (Phi) is 7.10. The molecule has 37 heavy (non-hydrogen) atoms. The lowest BCUT2D eigenvalue weighted by Gasteiger charge is -2.11. The molecule has 3 aromatic carbocycles. The number of hydrogen-bond donors (Lipinski definition) is 0. The summed E-state index contributed by atoms with van der Waals surface area (Å²) in [7, 11) is 5.61. The lowest BCUT2D eigenvalue weighted by atomic mass is 9.91. The van der Waals surface area contributed by atoms with Gasteiger partial charge in [0.1, 0.15) is 23.0 Å². The van der Waals surface area contributed by atoms with E-state index in [1.807, 2.05) is 0 Å². The zero-order valence-electron chi connectivity index (χ0n) is 20.4. The van der Waals surface area contributed by atoms with Crippen molar-refractivity contribution in [1.82, 2.24) is 0 Å². The number of ketones is 4. The summed E-state index contributed by atoms with van der Waals surface area (Å²) < 4.78 is 31.4. The first-order valence-corrected chi connectivity index (χ1v) is 10.9. The van der Waals surface area contributed by atoms with E-state index in [1.54, 1.807) is 0 Å². The zero-order chi connectivity index (χ0) is 26.7. The average molecular weight is 506 g/mol. The van der Waals surface area contributed by atoms with Crippen LogP contribution in [0.25, 0.3) is 0 Å². The predicted molar refractivity (Wildman–Crippen MR) is 129 cm³/mol. The highest BCUT2D eigenvalue weighted by Gasteiger charge is 2.32. The maximum absolute atomic E-state index is 13.4. The largest absolute Gasteiger partial charge is 0.497 e. The summed E-state index contributed by atoms with van der Waals surface area (Å²) in [5, 5.41) is 0. The van der Waals surface area contributed by atoms with Gasteiger partial charge in [0.25, 0.3) is 0 Å². The van der Waals surface area contributed by atoms with Crippen molar-refractivity contribution in [2.45, 2.75) is 0 Å². The van der Waals surface area contributed by atoms with Crippen molar-refractivity contribution in [2.75, 3.05) is 35.2 Å². The Morgan fingerprint density at radius 1 is 0.514 bits per heavy atom. The molecule has 0 spiro atoms. The summed E-state index contributed by atoms with van der Waals surface area (Å²) in [6.45, 7) is -0.150. The van der Waals surface area contributed by atoms with E-state index in [-0.39, 0.29) is 40.5 Å². The van der Waals surface area contributed by atoms with Gasteiger partial charge in [0, 0.05) is 34.4 Å². The van der Waals surface area contributed by atoms with E-state index in [1.165, 1.54) is 77.0 Å². The molecule has 0 bridgehead atoms. The van der Waals surface area contributed by atoms with E-state index in [9.17, 15) is 19.2 Å². The molecule has 10 nitrogen and oxygen atoms in total. The molecular formula is C27H22O10. The van der Waals surface area contributed by atoms with Gasteiger partial charge >= 0.3 is 0 Å². The van der Waals surface area contributed by atoms with E-state index in [0.29, 0.717) is 23.0 Å². The summed E-state index contributed by atoms with van der Waals surface area (Å²) in [6, 6.07) is 11.0. The van der Waals surface area contributed by atoms with Crippen molar-refractivity contribution in [1.29, 1.82) is 0 Å². The van der Waals surface area contributed by atoms with Gasteiger partial charge in [-0.15, -0.1) is 0 Å². The average Bonchev–Trinajstić information content (AvgIpc) is 3.41. The summed E-state index contributed by atoms with van der Waals surface area (Å²) >= 11 is 0. The highest BCUT2D eigenvalue weighted by molar-refractivity contribution is 6.54. The molecule has 0 fully saturated rings. The summed E-state index contributed by atoms with van der Waals surface area (Å²) in [4.78, 5) is 53.2. The first kappa shape index (κ1) is 25.2. The molecule has 3 aromatic rings. The van der Waals surface area contributed by atoms with Crippen LogP contribution in [0.4, 0.5) is 0 Å². The molecule has 0 aromatic heterocycles. The highest BCUT2D eigenvalue weighted by atomic mass is 16.7. The summed E-state index contributed by atoms with van der Waals surface area (Å²) in [5.74, 6) is -2.47. The van der Waals surface area contributed by atoms with E-state index in [4.69, 9.17) is 28.4 Å². The van der Waals surface area contributed by atoms with Crippen molar-refractivity contribution < 1.29 is 47.6 Å². The number of methoxy groups -OCH3 is 4. The number of fused-ring (bicyclic) bond motifs is 1. The summed E-state index contributed by atoms with van der Waals surface area (Å²) in [5.41, 5.74) is -0.684. The molecule has 1 heterocycles. The molecule has 0 saturated carbocycles. The van der Waals surface area contributed by atoms with Crippen molar-refractivity contribution in [3.63, 3.8) is 0 Å². The fraction of sp³-hybridized carbons (Fsp3) is 0.185. The molecule has 4 rings (SSSR count). The molecule has 0 atom stereocenters. The van der Waals surface area contributed by atoms with Crippen LogP contribution in [0.2, 0.25) is 0 Å². The molecule has 10 heteroatoms. The molecule has 1 aliphatic rings. The minimum absolute atomic E-state index is 0.0267. The topological polar surface area (TPSA) is 124 Å². The van der Waals surface area contributed by atoms with Crippen LogP contribution < -0.4 is 28.4 Å². The summed E-state index contributed by atoms with van der Waals surface area (Å²) in [6.07, 6.45) is 0. The molecule has 0 N–H and O–H groups in total. The quantitative estimate of drug-likeness (QED) is 0.298. The Labute approximate surface area is 211 Å². The van der Waals surface area contributed by atoms with Gasteiger partial charge in [-0.2, -0.15) is 0 Å². The van der Waals surface area contributed by atoms with Crippen molar-refractivity contribution in [3.8, 4) is 34.5 Å². The van der Waals surface area contributed by atoms with Crippen molar-refractivity contribution in [3.05, 3.63) is 70.8 Å². The van der Waals surface area contributed by atoms with E-state index < -0.39 is 23.1 Å². The van der Waals surface area contributed by atoms with Gasteiger partial charge in [0.15, 0.2) is 11.5 Å². The third-order valence-corrected chi connectivity index (χ3v) is 5.64. The van der Waals surface area contributed by atoms with Gasteiger partial charge in [0.05, 0.1) is 28.4 Å². The number of carbonyl (C=O) groups is 4. The van der Waals surface area contributed by atoms with Gasteiger partial charge in [-0.1, -0.05) is 0 Å². The van der Waals surface area contributed by atoms with Crippen molar-refractivity contribution >= 4 is 23.1 Å². The molecule has 0 amide bonds. The number of carbonyl (C=O) groups excluding carboxylic acids is 4. The Morgan fingerprint density at radius 2 is 0.838 bits per heavy atom. The second kappa shape index (κ2) is 10.4. The maximum Gasteiger partial charge on any atom is 0.234 e. The van der Waals surface area contributed by atoms with Gasteiger partial charge in [0.2, 0.25) is 29.9 Å². The van der Waals surface area contributed by atoms with E-state index in [2.05, 4.69) is 0 Å².